The second kappa shape index (κ2) is 5.17. The zero-order valence-electron chi connectivity index (χ0n) is 10.5. The number of carbonyl (C=O) groups is 1. The molecule has 16 heavy (non-hydrogen) atoms. The molecule has 0 spiro atoms. The fourth-order valence-electron chi connectivity index (χ4n) is 2.55. The van der Waals surface area contributed by atoms with E-state index in [4.69, 9.17) is 0 Å². The van der Waals surface area contributed by atoms with Crippen LogP contribution in [0.5, 0.6) is 0 Å². The first-order valence-electron chi connectivity index (χ1n) is 6.69. The van der Waals surface area contributed by atoms with E-state index in [2.05, 4.69) is 24.1 Å². The average Bonchev–Trinajstić information content (AvgIpc) is 3.03. The number of rotatable bonds is 3. The zero-order valence-corrected chi connectivity index (χ0v) is 10.5. The minimum absolute atomic E-state index is 0.368. The Bertz CT molecular complexity index is 248. The van der Waals surface area contributed by atoms with Gasteiger partial charge in [0.05, 0.1) is 0 Å². The summed E-state index contributed by atoms with van der Waals surface area (Å²) in [5.74, 6) is 1.46. The molecular weight excluding hydrogens is 200 g/mol. The van der Waals surface area contributed by atoms with Gasteiger partial charge < -0.3 is 10.2 Å². The molecule has 0 radical (unpaired) electrons. The van der Waals surface area contributed by atoms with E-state index >= 15 is 0 Å². The van der Waals surface area contributed by atoms with Crippen LogP contribution in [0, 0.1) is 11.8 Å². The topological polar surface area (TPSA) is 32.3 Å². The third-order valence-electron chi connectivity index (χ3n) is 3.53. The number of carbonyl (C=O) groups excluding carboxylic acids is 1. The fourth-order valence-corrected chi connectivity index (χ4v) is 2.55. The summed E-state index contributed by atoms with van der Waals surface area (Å²) in [4.78, 5) is 14.4. The summed E-state index contributed by atoms with van der Waals surface area (Å²) < 4.78 is 0. The Morgan fingerprint density at radius 1 is 1.44 bits per heavy atom. The van der Waals surface area contributed by atoms with E-state index in [0.29, 0.717) is 23.8 Å². The van der Waals surface area contributed by atoms with E-state index < -0.39 is 0 Å². The molecule has 1 aliphatic carbocycles. The van der Waals surface area contributed by atoms with Crippen LogP contribution >= 0.6 is 0 Å². The molecule has 1 amide bonds. The van der Waals surface area contributed by atoms with Gasteiger partial charge in [0.2, 0.25) is 5.91 Å². The summed E-state index contributed by atoms with van der Waals surface area (Å²) in [5.41, 5.74) is 0. The Morgan fingerprint density at radius 3 is 2.81 bits per heavy atom. The van der Waals surface area contributed by atoms with Gasteiger partial charge in [-0.2, -0.15) is 0 Å². The Labute approximate surface area is 98.6 Å². The maximum Gasteiger partial charge on any atom is 0.225 e. The summed E-state index contributed by atoms with van der Waals surface area (Å²) in [7, 11) is 0. The highest BCUT2D eigenvalue weighted by Crippen LogP contribution is 2.32. The van der Waals surface area contributed by atoms with Crippen molar-refractivity contribution in [2.24, 2.45) is 11.8 Å². The van der Waals surface area contributed by atoms with E-state index in [1.165, 1.54) is 0 Å². The number of amides is 1. The number of nitrogens with zero attached hydrogens (tertiary/aromatic N) is 1. The van der Waals surface area contributed by atoms with Crippen molar-refractivity contribution in [2.45, 2.75) is 45.6 Å². The van der Waals surface area contributed by atoms with Crippen molar-refractivity contribution < 1.29 is 4.79 Å². The second-order valence-electron chi connectivity index (χ2n) is 5.65. The monoisotopic (exact) mass is 224 g/mol. The van der Waals surface area contributed by atoms with Crippen LogP contribution < -0.4 is 5.32 Å². The Hall–Kier alpha value is -0.570. The van der Waals surface area contributed by atoms with Crippen molar-refractivity contribution in [2.75, 3.05) is 19.6 Å². The van der Waals surface area contributed by atoms with Crippen LogP contribution in [-0.4, -0.2) is 36.5 Å². The molecule has 3 nitrogen and oxygen atoms in total. The van der Waals surface area contributed by atoms with Crippen LogP contribution in [0.2, 0.25) is 0 Å². The van der Waals surface area contributed by atoms with Gasteiger partial charge in [0.1, 0.15) is 0 Å². The van der Waals surface area contributed by atoms with Crippen LogP contribution in [0.4, 0.5) is 0 Å². The van der Waals surface area contributed by atoms with E-state index in [9.17, 15) is 4.79 Å². The molecule has 1 saturated heterocycles. The van der Waals surface area contributed by atoms with E-state index in [1.807, 2.05) is 0 Å². The maximum atomic E-state index is 12.2. The lowest BCUT2D eigenvalue weighted by Gasteiger charge is -2.31. The van der Waals surface area contributed by atoms with Crippen molar-refractivity contribution in [1.82, 2.24) is 10.2 Å². The molecular formula is C13H24N2O. The lowest BCUT2D eigenvalue weighted by atomic mass is 10.0. The highest BCUT2D eigenvalue weighted by molar-refractivity contribution is 5.81. The van der Waals surface area contributed by atoms with Gasteiger partial charge in [-0.05, 0) is 38.1 Å². The molecule has 2 aliphatic rings. The van der Waals surface area contributed by atoms with Gasteiger partial charge in [-0.1, -0.05) is 13.8 Å². The molecule has 3 heteroatoms. The van der Waals surface area contributed by atoms with E-state index in [0.717, 1.165) is 45.3 Å². The molecule has 1 unspecified atom stereocenters. The van der Waals surface area contributed by atoms with E-state index in [1.54, 1.807) is 0 Å². The first-order valence-corrected chi connectivity index (χ1v) is 6.69. The first kappa shape index (κ1) is 11.9. The van der Waals surface area contributed by atoms with Crippen LogP contribution in [0.3, 0.4) is 0 Å². The normalized spacial score (nSPS) is 26.9. The standard InChI is InChI=1S/C13H24N2O/c1-10(2)8-12-9-14-6-3-7-15(12)13(16)11-4-5-11/h10-12,14H,3-9H2,1-2H3. The first-order chi connectivity index (χ1) is 7.68. The van der Waals surface area contributed by atoms with Gasteiger partial charge in [0.25, 0.3) is 0 Å². The molecule has 1 N–H and O–H groups in total. The van der Waals surface area contributed by atoms with Crippen molar-refractivity contribution in [3.63, 3.8) is 0 Å². The minimum Gasteiger partial charge on any atom is -0.338 e. The summed E-state index contributed by atoms with van der Waals surface area (Å²) in [6.45, 7) is 7.48. The fraction of sp³-hybridized carbons (Fsp3) is 0.923. The molecule has 0 aromatic heterocycles. The van der Waals surface area contributed by atoms with Gasteiger partial charge in [0.15, 0.2) is 0 Å². The van der Waals surface area contributed by atoms with Crippen molar-refractivity contribution in [3.8, 4) is 0 Å². The lowest BCUT2D eigenvalue weighted by Crippen LogP contribution is -2.45. The Balaban J connectivity index is 1.99. The molecule has 1 aliphatic heterocycles. The molecule has 2 fully saturated rings. The van der Waals surface area contributed by atoms with Crippen molar-refractivity contribution in [3.05, 3.63) is 0 Å². The predicted octanol–water partition coefficient (Wildman–Crippen LogP) is 1.63. The van der Waals surface area contributed by atoms with E-state index in [-0.39, 0.29) is 0 Å². The van der Waals surface area contributed by atoms with Gasteiger partial charge >= 0.3 is 0 Å². The number of nitrogens with one attached hydrogen (secondary N) is 1. The van der Waals surface area contributed by atoms with Gasteiger partial charge in [0, 0.05) is 25.0 Å². The lowest BCUT2D eigenvalue weighted by molar-refractivity contribution is -0.134. The van der Waals surface area contributed by atoms with Gasteiger partial charge in [-0.3, -0.25) is 4.79 Å². The highest BCUT2D eigenvalue weighted by atomic mass is 16.2. The van der Waals surface area contributed by atoms with Crippen molar-refractivity contribution >= 4 is 5.91 Å². The van der Waals surface area contributed by atoms with Crippen LogP contribution in [0.1, 0.15) is 39.5 Å². The SMILES string of the molecule is CC(C)CC1CNCCCN1C(=O)C1CC1. The van der Waals surface area contributed by atoms with Crippen LogP contribution in [-0.2, 0) is 4.79 Å². The van der Waals surface area contributed by atoms with Crippen LogP contribution in [0.25, 0.3) is 0 Å². The second-order valence-corrected chi connectivity index (χ2v) is 5.65. The zero-order chi connectivity index (χ0) is 11.5. The molecule has 2 rings (SSSR count). The average molecular weight is 224 g/mol. The molecule has 0 aromatic carbocycles. The Morgan fingerprint density at radius 2 is 2.19 bits per heavy atom. The smallest absolute Gasteiger partial charge is 0.225 e. The van der Waals surface area contributed by atoms with Crippen LogP contribution in [0.15, 0.2) is 0 Å². The predicted molar refractivity (Wildman–Crippen MR) is 65.2 cm³/mol. The number of hydrogen-bond acceptors (Lipinski definition) is 2. The minimum atomic E-state index is 0.368. The molecule has 0 bridgehead atoms. The highest BCUT2D eigenvalue weighted by Gasteiger charge is 2.36. The van der Waals surface area contributed by atoms with Gasteiger partial charge in [-0.15, -0.1) is 0 Å². The largest absolute Gasteiger partial charge is 0.338 e. The molecule has 1 atom stereocenters. The summed E-state index contributed by atoms with van der Waals surface area (Å²) >= 11 is 0. The Kier molecular flexibility index (Phi) is 3.85. The maximum absolute atomic E-state index is 12.2. The summed E-state index contributed by atoms with van der Waals surface area (Å²) in [6, 6.07) is 0.426. The summed E-state index contributed by atoms with van der Waals surface area (Å²) in [5, 5.41) is 3.45. The third kappa shape index (κ3) is 2.97. The quantitative estimate of drug-likeness (QED) is 0.790. The molecule has 0 aromatic rings. The molecule has 1 saturated carbocycles. The van der Waals surface area contributed by atoms with Crippen molar-refractivity contribution in [1.29, 1.82) is 0 Å². The molecule has 92 valence electrons. The number of hydrogen-bond donors (Lipinski definition) is 1. The molecule has 1 heterocycles. The van der Waals surface area contributed by atoms with Gasteiger partial charge in [-0.25, -0.2) is 0 Å². The summed E-state index contributed by atoms with van der Waals surface area (Å²) in [6.07, 6.45) is 4.48. The third-order valence-corrected chi connectivity index (χ3v) is 3.53.